The Morgan fingerprint density at radius 2 is 1.76 bits per heavy atom. The van der Waals surface area contributed by atoms with Crippen LogP contribution in [0.3, 0.4) is 0 Å². The van der Waals surface area contributed by atoms with Crippen LogP contribution in [0.2, 0.25) is 0 Å². The molecule has 5 heteroatoms. The maximum Gasteiger partial charge on any atom is 0.260 e. The van der Waals surface area contributed by atoms with Gasteiger partial charge in [-0.2, -0.15) is 0 Å². The molecule has 88 valence electrons. The largest absolute Gasteiger partial charge is 0.452 e. The van der Waals surface area contributed by atoms with Gasteiger partial charge in [0.2, 0.25) is 0 Å². The minimum Gasteiger partial charge on any atom is -0.452 e. The molecule has 1 heterocycles. The minimum absolute atomic E-state index is 0. The zero-order chi connectivity index (χ0) is 11.5. The van der Waals surface area contributed by atoms with E-state index in [9.17, 15) is 9.59 Å². The van der Waals surface area contributed by atoms with E-state index in [1.54, 1.807) is 6.07 Å². The Bertz CT molecular complexity index is 528. The van der Waals surface area contributed by atoms with Gasteiger partial charge in [-0.25, -0.2) is 0 Å². The van der Waals surface area contributed by atoms with Crippen molar-refractivity contribution in [3.05, 3.63) is 46.6 Å². The zero-order valence-electron chi connectivity index (χ0n) is 8.64. The smallest absolute Gasteiger partial charge is 0.260 e. The lowest BCUT2D eigenvalue weighted by atomic mass is 10.2. The summed E-state index contributed by atoms with van der Waals surface area (Å²) >= 11 is 3.33. The Morgan fingerprint density at radius 1 is 1.12 bits per heavy atom. The van der Waals surface area contributed by atoms with Crippen LogP contribution in [0.15, 0.2) is 45.3 Å². The zero-order valence-corrected chi connectivity index (χ0v) is 10.2. The Morgan fingerprint density at radius 3 is 2.35 bits per heavy atom. The highest BCUT2D eigenvalue weighted by Crippen LogP contribution is 2.23. The van der Waals surface area contributed by atoms with E-state index >= 15 is 0 Å². The fourth-order valence-corrected chi connectivity index (χ4v) is 1.56. The quantitative estimate of drug-likeness (QED) is 0.495. The molecule has 0 radical (unpaired) electrons. The Balaban J connectivity index is 0.00000144. The minimum atomic E-state index is -0.650. The van der Waals surface area contributed by atoms with Crippen molar-refractivity contribution in [1.82, 2.24) is 0 Å². The second-order valence-corrected chi connectivity index (χ2v) is 4.07. The summed E-state index contributed by atoms with van der Waals surface area (Å²) < 4.78 is 6.23. The fourth-order valence-electron chi connectivity index (χ4n) is 1.30. The summed E-state index contributed by atoms with van der Waals surface area (Å²) in [5.41, 5.74) is 0.855. The number of rotatable bonds is 3. The van der Waals surface area contributed by atoms with Crippen LogP contribution in [0.5, 0.6) is 0 Å². The van der Waals surface area contributed by atoms with Crippen molar-refractivity contribution in [2.45, 2.75) is 0 Å². The molecule has 0 spiro atoms. The molecule has 0 aliphatic carbocycles. The predicted molar refractivity (Wildman–Crippen MR) is 65.9 cm³/mol. The van der Waals surface area contributed by atoms with Crippen LogP contribution in [0.4, 0.5) is 0 Å². The van der Waals surface area contributed by atoms with E-state index in [1.807, 2.05) is 24.3 Å². The first-order chi connectivity index (χ1) is 7.70. The molecule has 0 bridgehead atoms. The summed E-state index contributed by atoms with van der Waals surface area (Å²) in [7, 11) is 0. The van der Waals surface area contributed by atoms with E-state index < -0.39 is 5.78 Å². The van der Waals surface area contributed by atoms with Crippen LogP contribution in [-0.4, -0.2) is 17.5 Å². The molecule has 0 fully saturated rings. The van der Waals surface area contributed by atoms with Crippen LogP contribution < -0.4 is 0 Å². The van der Waals surface area contributed by atoms with Gasteiger partial charge in [-0.05, 0) is 24.3 Å². The first-order valence-electron chi connectivity index (χ1n) is 4.56. The van der Waals surface area contributed by atoms with Crippen LogP contribution in [0.1, 0.15) is 10.6 Å². The molecule has 17 heavy (non-hydrogen) atoms. The Kier molecular flexibility index (Phi) is 4.37. The summed E-state index contributed by atoms with van der Waals surface area (Å²) in [5, 5.41) is 0. The Hall–Kier alpha value is -1.72. The number of Topliss-reactive ketones (excluding diaryl/α,β-unsaturated/α-hetero) is 1. The van der Waals surface area contributed by atoms with Gasteiger partial charge >= 0.3 is 0 Å². The summed E-state index contributed by atoms with van der Waals surface area (Å²) in [6.45, 7) is 0. The fraction of sp³-hybridized carbons (Fsp3) is 0. The summed E-state index contributed by atoms with van der Waals surface area (Å²) in [5.74, 6) is -0.0195. The van der Waals surface area contributed by atoms with Gasteiger partial charge in [0, 0.05) is 10.0 Å². The lowest BCUT2D eigenvalue weighted by Gasteiger charge is -1.96. The molecule has 0 atom stereocenters. The van der Waals surface area contributed by atoms with Crippen molar-refractivity contribution in [3.8, 4) is 11.3 Å². The molecule has 1 aromatic heterocycles. The third-order valence-corrected chi connectivity index (χ3v) is 2.61. The normalized spacial score (nSPS) is 9.47. The van der Waals surface area contributed by atoms with Gasteiger partial charge in [0.15, 0.2) is 12.0 Å². The van der Waals surface area contributed by atoms with Crippen LogP contribution >= 0.6 is 15.9 Å². The molecule has 4 nitrogen and oxygen atoms in total. The number of aldehydes is 1. The van der Waals surface area contributed by atoms with Gasteiger partial charge in [-0.3, -0.25) is 9.59 Å². The molecular formula is C12H9BrO4. The number of carbonyl (C=O) groups is 2. The van der Waals surface area contributed by atoms with Crippen molar-refractivity contribution in [2.24, 2.45) is 0 Å². The number of benzene rings is 1. The number of furan rings is 1. The predicted octanol–water partition coefficient (Wildman–Crippen LogP) is 2.27. The molecule has 1 aromatic carbocycles. The van der Waals surface area contributed by atoms with Crippen molar-refractivity contribution < 1.29 is 19.5 Å². The number of ketones is 1. The molecule has 0 aliphatic rings. The first-order valence-corrected chi connectivity index (χ1v) is 5.35. The van der Waals surface area contributed by atoms with E-state index in [2.05, 4.69) is 15.9 Å². The van der Waals surface area contributed by atoms with E-state index in [0.29, 0.717) is 5.76 Å². The molecule has 2 rings (SSSR count). The van der Waals surface area contributed by atoms with E-state index in [0.717, 1.165) is 10.0 Å². The van der Waals surface area contributed by atoms with Gasteiger partial charge in [0.05, 0.1) is 0 Å². The second kappa shape index (κ2) is 5.56. The van der Waals surface area contributed by atoms with Crippen molar-refractivity contribution in [2.75, 3.05) is 0 Å². The topological polar surface area (TPSA) is 78.8 Å². The molecule has 2 aromatic rings. The van der Waals surface area contributed by atoms with Crippen molar-refractivity contribution in [3.63, 3.8) is 0 Å². The Labute approximate surface area is 106 Å². The number of hydrogen-bond donors (Lipinski definition) is 0. The molecule has 0 aliphatic heterocycles. The SMILES string of the molecule is O.O=CC(=O)c1ccc(-c2ccc(Br)cc2)o1. The van der Waals surface area contributed by atoms with Crippen LogP contribution in [0, 0.1) is 0 Å². The maximum atomic E-state index is 11.0. The molecular weight excluding hydrogens is 288 g/mol. The van der Waals surface area contributed by atoms with Gasteiger partial charge in [0.1, 0.15) is 5.76 Å². The summed E-state index contributed by atoms with van der Waals surface area (Å²) in [4.78, 5) is 21.3. The monoisotopic (exact) mass is 296 g/mol. The highest BCUT2D eigenvalue weighted by molar-refractivity contribution is 9.10. The van der Waals surface area contributed by atoms with E-state index in [1.165, 1.54) is 6.07 Å². The average molecular weight is 297 g/mol. The lowest BCUT2D eigenvalue weighted by molar-refractivity contribution is -0.104. The molecule has 0 saturated heterocycles. The van der Waals surface area contributed by atoms with Gasteiger partial charge in [-0.1, -0.05) is 28.1 Å². The highest BCUT2D eigenvalue weighted by atomic mass is 79.9. The lowest BCUT2D eigenvalue weighted by Crippen LogP contribution is -1.96. The summed E-state index contributed by atoms with van der Waals surface area (Å²) in [6, 6.07) is 10.6. The van der Waals surface area contributed by atoms with E-state index in [-0.39, 0.29) is 17.5 Å². The second-order valence-electron chi connectivity index (χ2n) is 3.15. The van der Waals surface area contributed by atoms with Gasteiger partial charge in [-0.15, -0.1) is 0 Å². The van der Waals surface area contributed by atoms with Crippen molar-refractivity contribution >= 4 is 28.0 Å². The molecule has 0 amide bonds. The number of hydrogen-bond acceptors (Lipinski definition) is 3. The van der Waals surface area contributed by atoms with Crippen molar-refractivity contribution in [1.29, 1.82) is 0 Å². The first kappa shape index (κ1) is 13.3. The highest BCUT2D eigenvalue weighted by Gasteiger charge is 2.10. The van der Waals surface area contributed by atoms with E-state index in [4.69, 9.17) is 4.42 Å². The third-order valence-electron chi connectivity index (χ3n) is 2.08. The third kappa shape index (κ3) is 2.89. The van der Waals surface area contributed by atoms with Gasteiger partial charge < -0.3 is 9.89 Å². The molecule has 0 unspecified atom stereocenters. The van der Waals surface area contributed by atoms with Crippen LogP contribution in [0.25, 0.3) is 11.3 Å². The van der Waals surface area contributed by atoms with Gasteiger partial charge in [0.25, 0.3) is 5.78 Å². The summed E-state index contributed by atoms with van der Waals surface area (Å²) in [6.07, 6.45) is 0.240. The van der Waals surface area contributed by atoms with Crippen LogP contribution in [-0.2, 0) is 4.79 Å². The molecule has 2 N–H and O–H groups in total. The maximum absolute atomic E-state index is 11.0. The average Bonchev–Trinajstić information content (AvgIpc) is 2.78. The molecule has 0 saturated carbocycles. The standard InChI is InChI=1S/C12H7BrO3.H2O/c13-9-3-1-8(2-4-9)11-5-6-12(16-11)10(15)7-14;/h1-7H;1H2. The number of carbonyl (C=O) groups excluding carboxylic acids is 2. The number of halogens is 1.